The van der Waals surface area contributed by atoms with E-state index in [1.165, 1.54) is 0 Å². The molecule has 0 aliphatic carbocycles. The average molecular weight is 391 g/mol. The topological polar surface area (TPSA) is 73.6 Å². The van der Waals surface area contributed by atoms with Gasteiger partial charge in [-0.05, 0) is 38.3 Å². The molecule has 0 bridgehead atoms. The molecule has 1 atom stereocenters. The summed E-state index contributed by atoms with van der Waals surface area (Å²) in [5.74, 6) is 1.38. The predicted octanol–water partition coefficient (Wildman–Crippen LogP) is 3.59. The van der Waals surface area contributed by atoms with Gasteiger partial charge in [-0.2, -0.15) is 0 Å². The molecule has 0 radical (unpaired) electrons. The molecule has 1 N–H and O–H groups in total. The highest BCUT2D eigenvalue weighted by Gasteiger charge is 2.15. The number of aromatic nitrogens is 1. The van der Waals surface area contributed by atoms with Crippen molar-refractivity contribution >= 4 is 17.7 Å². The zero-order chi connectivity index (χ0) is 18.9. The highest BCUT2D eigenvalue weighted by molar-refractivity contribution is 7.98. The van der Waals surface area contributed by atoms with Crippen molar-refractivity contribution in [3.8, 4) is 0 Å². The Labute approximate surface area is 164 Å². The molecule has 1 aliphatic rings. The van der Waals surface area contributed by atoms with Crippen molar-refractivity contribution in [3.05, 3.63) is 47.3 Å². The maximum atomic E-state index is 12.5. The Morgan fingerprint density at radius 3 is 3.07 bits per heavy atom. The number of hydrogen-bond acceptors (Lipinski definition) is 6. The molecule has 146 valence electrons. The molecule has 1 saturated heterocycles. The Balaban J connectivity index is 1.39. The van der Waals surface area contributed by atoms with Gasteiger partial charge in [-0.15, -0.1) is 11.8 Å². The van der Waals surface area contributed by atoms with Gasteiger partial charge < -0.3 is 19.3 Å². The summed E-state index contributed by atoms with van der Waals surface area (Å²) in [6, 6.07) is 9.52. The zero-order valence-electron chi connectivity index (χ0n) is 15.6. The molecule has 27 heavy (non-hydrogen) atoms. The Morgan fingerprint density at radius 1 is 1.41 bits per heavy atom. The van der Waals surface area contributed by atoms with Gasteiger partial charge in [0.1, 0.15) is 5.76 Å². The number of hydrogen-bond donors (Lipinski definition) is 1. The summed E-state index contributed by atoms with van der Waals surface area (Å²) in [5, 5.41) is 6.86. The minimum absolute atomic E-state index is 0.0639. The highest BCUT2D eigenvalue weighted by atomic mass is 32.2. The van der Waals surface area contributed by atoms with Crippen LogP contribution in [-0.4, -0.2) is 43.5 Å². The van der Waals surface area contributed by atoms with Gasteiger partial charge in [-0.25, -0.2) is 0 Å². The molecule has 1 unspecified atom stereocenters. The fraction of sp³-hybridized carbons (Fsp3) is 0.500. The van der Waals surface area contributed by atoms with Crippen LogP contribution in [0.2, 0.25) is 0 Å². The Morgan fingerprint density at radius 2 is 2.30 bits per heavy atom. The van der Waals surface area contributed by atoms with Crippen LogP contribution in [0.4, 0.5) is 0 Å². The smallest absolute Gasteiger partial charge is 0.252 e. The summed E-state index contributed by atoms with van der Waals surface area (Å²) in [5.41, 5.74) is 1.54. The molecule has 1 aromatic heterocycles. The lowest BCUT2D eigenvalue weighted by molar-refractivity contribution is 0.0166. The van der Waals surface area contributed by atoms with Crippen molar-refractivity contribution < 1.29 is 18.8 Å². The molecule has 1 amide bonds. The Kier molecular flexibility index (Phi) is 7.74. The lowest BCUT2D eigenvalue weighted by Gasteiger charge is -2.11. The van der Waals surface area contributed by atoms with Crippen molar-refractivity contribution in [1.29, 1.82) is 0 Å². The number of carbonyl (C=O) groups excluding carboxylic acids is 1. The van der Waals surface area contributed by atoms with Crippen LogP contribution >= 0.6 is 11.8 Å². The van der Waals surface area contributed by atoms with Gasteiger partial charge >= 0.3 is 0 Å². The van der Waals surface area contributed by atoms with Crippen LogP contribution in [0.15, 0.2) is 39.8 Å². The van der Waals surface area contributed by atoms with E-state index in [0.29, 0.717) is 31.1 Å². The average Bonchev–Trinajstić information content (AvgIpc) is 3.34. The number of carbonyl (C=O) groups is 1. The van der Waals surface area contributed by atoms with Crippen LogP contribution in [0.25, 0.3) is 0 Å². The first-order chi connectivity index (χ1) is 13.2. The van der Waals surface area contributed by atoms with Crippen LogP contribution < -0.4 is 5.32 Å². The first kappa shape index (κ1) is 19.9. The summed E-state index contributed by atoms with van der Waals surface area (Å²) in [7, 11) is 0. The maximum absolute atomic E-state index is 12.5. The largest absolute Gasteiger partial charge is 0.379 e. The van der Waals surface area contributed by atoms with E-state index in [1.54, 1.807) is 11.8 Å². The van der Waals surface area contributed by atoms with Crippen LogP contribution in [0.5, 0.6) is 0 Å². The molecule has 6 nitrogen and oxygen atoms in total. The third-order valence-corrected chi connectivity index (χ3v) is 5.35. The number of amides is 1. The quantitative estimate of drug-likeness (QED) is 0.494. The third-order valence-electron chi connectivity index (χ3n) is 4.26. The van der Waals surface area contributed by atoms with E-state index in [2.05, 4.69) is 10.5 Å². The van der Waals surface area contributed by atoms with Gasteiger partial charge in [0.2, 0.25) is 0 Å². The Bertz CT molecular complexity index is 728. The van der Waals surface area contributed by atoms with Crippen LogP contribution in [0, 0.1) is 6.92 Å². The molecule has 3 rings (SSSR count). The monoisotopic (exact) mass is 390 g/mol. The Hall–Kier alpha value is -1.83. The molecule has 0 saturated carbocycles. The summed E-state index contributed by atoms with van der Waals surface area (Å²) in [6.07, 6.45) is 3.23. The van der Waals surface area contributed by atoms with E-state index in [9.17, 15) is 4.79 Å². The van der Waals surface area contributed by atoms with E-state index in [1.807, 2.05) is 37.3 Å². The van der Waals surface area contributed by atoms with Crippen LogP contribution in [-0.2, 0) is 15.2 Å². The molecular weight excluding hydrogens is 364 g/mol. The summed E-state index contributed by atoms with van der Waals surface area (Å²) < 4.78 is 16.4. The number of rotatable bonds is 10. The third kappa shape index (κ3) is 6.37. The second-order valence-corrected chi connectivity index (χ2v) is 7.56. The van der Waals surface area contributed by atoms with Crippen LogP contribution in [0.3, 0.4) is 0 Å². The molecule has 2 aromatic rings. The standard InChI is InChI=1S/C20H26N2O4S/c1-15-12-17(26-22-15)14-27-19-8-3-2-7-18(19)20(23)21-9-5-10-24-13-16-6-4-11-25-16/h2-3,7-8,12,16H,4-6,9-11,13-14H2,1H3,(H,21,23). The van der Waals surface area contributed by atoms with E-state index in [4.69, 9.17) is 14.0 Å². The first-order valence-corrected chi connectivity index (χ1v) is 10.3. The van der Waals surface area contributed by atoms with Gasteiger partial charge in [0.25, 0.3) is 5.91 Å². The van der Waals surface area contributed by atoms with E-state index < -0.39 is 0 Å². The first-order valence-electron chi connectivity index (χ1n) is 9.34. The molecule has 0 spiro atoms. The van der Waals surface area contributed by atoms with Gasteiger partial charge in [-0.1, -0.05) is 17.3 Å². The van der Waals surface area contributed by atoms with Crippen molar-refractivity contribution in [1.82, 2.24) is 10.5 Å². The number of ether oxygens (including phenoxy) is 2. The van der Waals surface area contributed by atoms with Gasteiger partial charge in [0.15, 0.2) is 0 Å². The fourth-order valence-electron chi connectivity index (χ4n) is 2.88. The minimum atomic E-state index is -0.0639. The minimum Gasteiger partial charge on any atom is -0.379 e. The summed E-state index contributed by atoms with van der Waals surface area (Å²) in [6.45, 7) is 4.60. The van der Waals surface area contributed by atoms with Crippen molar-refractivity contribution in [2.24, 2.45) is 0 Å². The summed E-state index contributed by atoms with van der Waals surface area (Å²) >= 11 is 1.57. The zero-order valence-corrected chi connectivity index (χ0v) is 16.4. The summed E-state index contributed by atoms with van der Waals surface area (Å²) in [4.78, 5) is 13.4. The second-order valence-electron chi connectivity index (χ2n) is 6.54. The number of thioether (sulfide) groups is 1. The van der Waals surface area contributed by atoms with E-state index in [-0.39, 0.29) is 12.0 Å². The fourth-order valence-corrected chi connectivity index (χ4v) is 3.80. The van der Waals surface area contributed by atoms with Crippen LogP contribution in [0.1, 0.15) is 41.1 Å². The van der Waals surface area contributed by atoms with Crippen molar-refractivity contribution in [3.63, 3.8) is 0 Å². The van der Waals surface area contributed by atoms with E-state index >= 15 is 0 Å². The maximum Gasteiger partial charge on any atom is 0.252 e. The SMILES string of the molecule is Cc1cc(CSc2ccccc2C(=O)NCCCOCC2CCCO2)on1. The number of nitrogens with zero attached hydrogens (tertiary/aromatic N) is 1. The lowest BCUT2D eigenvalue weighted by Crippen LogP contribution is -2.26. The molecule has 1 aliphatic heterocycles. The van der Waals surface area contributed by atoms with Gasteiger partial charge in [0.05, 0.1) is 29.7 Å². The second kappa shape index (κ2) is 10.5. The molecule has 2 heterocycles. The molecule has 7 heteroatoms. The number of benzene rings is 1. The van der Waals surface area contributed by atoms with E-state index in [0.717, 1.165) is 42.2 Å². The highest BCUT2D eigenvalue weighted by Crippen LogP contribution is 2.26. The normalized spacial score (nSPS) is 16.6. The molecule has 1 fully saturated rings. The number of aryl methyl sites for hydroxylation is 1. The van der Waals surface area contributed by atoms with Crippen molar-refractivity contribution in [2.45, 2.75) is 42.9 Å². The van der Waals surface area contributed by atoms with Gasteiger partial charge in [-0.3, -0.25) is 4.79 Å². The lowest BCUT2D eigenvalue weighted by atomic mass is 10.2. The predicted molar refractivity (Wildman–Crippen MR) is 104 cm³/mol. The molecular formula is C20H26N2O4S. The van der Waals surface area contributed by atoms with Crippen molar-refractivity contribution in [2.75, 3.05) is 26.4 Å². The van der Waals surface area contributed by atoms with Gasteiger partial charge in [0, 0.05) is 30.7 Å². The molecule has 1 aromatic carbocycles. The number of nitrogens with one attached hydrogen (secondary N) is 1.